The van der Waals surface area contributed by atoms with E-state index in [-0.39, 0.29) is 0 Å². The Kier molecular flexibility index (Phi) is 4.20. The third kappa shape index (κ3) is 3.42. The minimum atomic E-state index is 0.680. The van der Waals surface area contributed by atoms with Crippen LogP contribution in [-0.2, 0) is 19.6 Å². The lowest BCUT2D eigenvalue weighted by Crippen LogP contribution is -2.20. The number of nitrogens with one attached hydrogen (secondary N) is 1. The van der Waals surface area contributed by atoms with Crippen molar-refractivity contribution in [2.45, 2.75) is 33.5 Å². The van der Waals surface area contributed by atoms with Crippen LogP contribution in [-0.4, -0.2) is 11.5 Å². The Hall–Kier alpha value is -1.87. The van der Waals surface area contributed by atoms with Gasteiger partial charge in [0, 0.05) is 25.8 Å². The van der Waals surface area contributed by atoms with E-state index in [4.69, 9.17) is 0 Å². The molecule has 1 aliphatic rings. The van der Waals surface area contributed by atoms with Gasteiger partial charge in [-0.15, -0.1) is 0 Å². The van der Waals surface area contributed by atoms with Crippen molar-refractivity contribution in [2.75, 3.05) is 11.4 Å². The largest absolute Gasteiger partial charge is 0.348 e. The molecule has 3 nitrogen and oxygen atoms in total. The molecule has 1 aromatic carbocycles. The first-order valence-corrected chi connectivity index (χ1v) is 7.70. The van der Waals surface area contributed by atoms with Crippen LogP contribution >= 0.6 is 0 Å². The second kappa shape index (κ2) is 6.27. The molecule has 0 saturated heterocycles. The average Bonchev–Trinajstić information content (AvgIpc) is 2.91. The molecule has 21 heavy (non-hydrogen) atoms. The van der Waals surface area contributed by atoms with Gasteiger partial charge in [0.15, 0.2) is 0 Å². The summed E-state index contributed by atoms with van der Waals surface area (Å²) < 4.78 is 0. The monoisotopic (exact) mass is 281 g/mol. The maximum absolute atomic E-state index is 4.55. The molecule has 0 bridgehead atoms. The zero-order valence-electron chi connectivity index (χ0n) is 12.8. The van der Waals surface area contributed by atoms with Crippen molar-refractivity contribution in [3.8, 4) is 0 Å². The molecule has 0 unspecified atom stereocenters. The minimum Gasteiger partial charge on any atom is -0.348 e. The number of pyridine rings is 1. The second-order valence-electron chi connectivity index (χ2n) is 6.17. The fraction of sp³-hybridized carbons (Fsp3) is 0.389. The Bertz CT molecular complexity index is 582. The minimum absolute atomic E-state index is 0.680. The first kappa shape index (κ1) is 14.1. The highest BCUT2D eigenvalue weighted by molar-refractivity contribution is 5.48. The van der Waals surface area contributed by atoms with Gasteiger partial charge in [0.05, 0.1) is 0 Å². The fourth-order valence-electron chi connectivity index (χ4n) is 2.74. The standard InChI is InChI=1S/C18H23N3/c1-14(2)10-19-11-15-7-8-20-18(9-15)21-12-16-5-3-4-6-17(16)13-21/h3-9,14,19H,10-13H2,1-2H3. The quantitative estimate of drug-likeness (QED) is 0.911. The highest BCUT2D eigenvalue weighted by atomic mass is 15.2. The molecule has 110 valence electrons. The van der Waals surface area contributed by atoms with Crippen molar-refractivity contribution in [1.82, 2.24) is 10.3 Å². The van der Waals surface area contributed by atoms with Crippen LogP contribution in [0.5, 0.6) is 0 Å². The number of hydrogen-bond donors (Lipinski definition) is 1. The topological polar surface area (TPSA) is 28.2 Å². The van der Waals surface area contributed by atoms with Gasteiger partial charge in [0.25, 0.3) is 0 Å². The van der Waals surface area contributed by atoms with Gasteiger partial charge in [-0.2, -0.15) is 0 Å². The number of benzene rings is 1. The molecule has 1 aliphatic heterocycles. The number of anilines is 1. The van der Waals surface area contributed by atoms with Gasteiger partial charge >= 0.3 is 0 Å². The normalized spacial score (nSPS) is 13.8. The van der Waals surface area contributed by atoms with Crippen molar-refractivity contribution in [3.05, 3.63) is 59.3 Å². The van der Waals surface area contributed by atoms with Crippen LogP contribution in [0, 0.1) is 5.92 Å². The highest BCUT2D eigenvalue weighted by Gasteiger charge is 2.19. The average molecular weight is 281 g/mol. The van der Waals surface area contributed by atoms with Crippen LogP contribution in [0.15, 0.2) is 42.6 Å². The van der Waals surface area contributed by atoms with Gasteiger partial charge in [0.2, 0.25) is 0 Å². The van der Waals surface area contributed by atoms with Gasteiger partial charge in [0.1, 0.15) is 5.82 Å². The van der Waals surface area contributed by atoms with Crippen LogP contribution in [0.25, 0.3) is 0 Å². The molecule has 2 heterocycles. The lowest BCUT2D eigenvalue weighted by molar-refractivity contribution is 0.552. The van der Waals surface area contributed by atoms with Gasteiger partial charge < -0.3 is 10.2 Å². The number of fused-ring (bicyclic) bond motifs is 1. The Morgan fingerprint density at radius 1 is 1.14 bits per heavy atom. The van der Waals surface area contributed by atoms with Crippen molar-refractivity contribution in [3.63, 3.8) is 0 Å². The molecule has 0 radical (unpaired) electrons. The van der Waals surface area contributed by atoms with Crippen LogP contribution in [0.3, 0.4) is 0 Å². The molecule has 0 amide bonds. The first-order chi connectivity index (χ1) is 10.2. The fourth-order valence-corrected chi connectivity index (χ4v) is 2.74. The summed E-state index contributed by atoms with van der Waals surface area (Å²) >= 11 is 0. The molecule has 3 rings (SSSR count). The van der Waals surface area contributed by atoms with Gasteiger partial charge in [-0.05, 0) is 41.3 Å². The molecule has 0 spiro atoms. The summed E-state index contributed by atoms with van der Waals surface area (Å²) in [5.41, 5.74) is 4.14. The Morgan fingerprint density at radius 3 is 2.52 bits per heavy atom. The number of nitrogens with zero attached hydrogens (tertiary/aromatic N) is 2. The van der Waals surface area contributed by atoms with E-state index in [2.05, 4.69) is 65.4 Å². The second-order valence-corrected chi connectivity index (χ2v) is 6.17. The van der Waals surface area contributed by atoms with Gasteiger partial charge in [-0.25, -0.2) is 4.98 Å². The Labute approximate surface area is 127 Å². The first-order valence-electron chi connectivity index (χ1n) is 7.70. The molecule has 1 N–H and O–H groups in total. The maximum atomic E-state index is 4.55. The van der Waals surface area contributed by atoms with E-state index in [1.54, 1.807) is 0 Å². The number of hydrogen-bond acceptors (Lipinski definition) is 3. The number of aromatic nitrogens is 1. The summed E-state index contributed by atoms with van der Waals surface area (Å²) in [4.78, 5) is 6.89. The van der Waals surface area contributed by atoms with E-state index in [1.807, 2.05) is 6.20 Å². The summed E-state index contributed by atoms with van der Waals surface area (Å²) in [6.45, 7) is 8.35. The summed E-state index contributed by atoms with van der Waals surface area (Å²) in [5.74, 6) is 1.76. The molecule has 0 atom stereocenters. The van der Waals surface area contributed by atoms with E-state index < -0.39 is 0 Å². The molecule has 3 heteroatoms. The van der Waals surface area contributed by atoms with Crippen LogP contribution in [0.1, 0.15) is 30.5 Å². The van der Waals surface area contributed by atoms with E-state index in [9.17, 15) is 0 Å². The highest BCUT2D eigenvalue weighted by Crippen LogP contribution is 2.26. The third-order valence-corrected chi connectivity index (χ3v) is 3.86. The summed E-state index contributed by atoms with van der Waals surface area (Å²) in [7, 11) is 0. The molecule has 0 aliphatic carbocycles. The zero-order valence-corrected chi connectivity index (χ0v) is 12.8. The van der Waals surface area contributed by atoms with Crippen molar-refractivity contribution >= 4 is 5.82 Å². The van der Waals surface area contributed by atoms with Crippen molar-refractivity contribution < 1.29 is 0 Å². The lowest BCUT2D eigenvalue weighted by atomic mass is 10.1. The Balaban J connectivity index is 1.67. The van der Waals surface area contributed by atoms with Gasteiger partial charge in [-0.1, -0.05) is 38.1 Å². The van der Waals surface area contributed by atoms with Crippen LogP contribution in [0.2, 0.25) is 0 Å². The van der Waals surface area contributed by atoms with Crippen molar-refractivity contribution in [1.29, 1.82) is 0 Å². The summed E-state index contributed by atoms with van der Waals surface area (Å²) in [6.07, 6.45) is 1.92. The van der Waals surface area contributed by atoms with E-state index in [0.29, 0.717) is 5.92 Å². The van der Waals surface area contributed by atoms with E-state index in [0.717, 1.165) is 32.0 Å². The molecule has 0 fully saturated rings. The van der Waals surface area contributed by atoms with Crippen LogP contribution < -0.4 is 10.2 Å². The smallest absolute Gasteiger partial charge is 0.129 e. The molecule has 0 saturated carbocycles. The number of rotatable bonds is 5. The Morgan fingerprint density at radius 2 is 1.86 bits per heavy atom. The predicted molar refractivity (Wildman–Crippen MR) is 87.1 cm³/mol. The SMILES string of the molecule is CC(C)CNCc1ccnc(N2Cc3ccccc3C2)c1. The molecular weight excluding hydrogens is 258 g/mol. The lowest BCUT2D eigenvalue weighted by Gasteiger charge is -2.17. The van der Waals surface area contributed by atoms with Crippen LogP contribution in [0.4, 0.5) is 5.82 Å². The molecule has 2 aromatic rings. The molecular formula is C18H23N3. The predicted octanol–water partition coefficient (Wildman–Crippen LogP) is 3.35. The third-order valence-electron chi connectivity index (χ3n) is 3.86. The molecule has 1 aromatic heterocycles. The van der Waals surface area contributed by atoms with E-state index in [1.165, 1.54) is 16.7 Å². The van der Waals surface area contributed by atoms with Gasteiger partial charge in [-0.3, -0.25) is 0 Å². The van der Waals surface area contributed by atoms with Crippen molar-refractivity contribution in [2.24, 2.45) is 5.92 Å². The zero-order chi connectivity index (χ0) is 14.7. The van der Waals surface area contributed by atoms with E-state index >= 15 is 0 Å². The summed E-state index contributed by atoms with van der Waals surface area (Å²) in [6, 6.07) is 13.0. The summed E-state index contributed by atoms with van der Waals surface area (Å²) in [5, 5.41) is 3.49. The maximum Gasteiger partial charge on any atom is 0.129 e.